The van der Waals surface area contributed by atoms with Crippen LogP contribution >= 0.6 is 0 Å². The largest absolute Gasteiger partial charge is 0.368 e. The van der Waals surface area contributed by atoms with Crippen LogP contribution in [0.2, 0.25) is 0 Å². The number of hydrogen-bond acceptors (Lipinski definition) is 4. The van der Waals surface area contributed by atoms with Crippen molar-refractivity contribution < 1.29 is 18.0 Å². The number of fused-ring (bicyclic) bond motifs is 1. The van der Waals surface area contributed by atoms with E-state index in [0.29, 0.717) is 12.0 Å². The molecule has 0 fully saturated rings. The molecule has 136 valence electrons. The average Bonchev–Trinajstić information content (AvgIpc) is 2.59. The highest BCUT2D eigenvalue weighted by Crippen LogP contribution is 2.26. The number of benzene rings is 2. The summed E-state index contributed by atoms with van der Waals surface area (Å²) in [7, 11) is -3.45. The fourth-order valence-electron chi connectivity index (χ4n) is 3.21. The SMILES string of the molecule is Cc1ccc(S(C)(=O)=O)cc1C(=O)N1Cc2ccccc2C[C@H]1C(N)=O. The van der Waals surface area contributed by atoms with E-state index in [4.69, 9.17) is 5.73 Å². The minimum atomic E-state index is -3.45. The number of sulfone groups is 1. The van der Waals surface area contributed by atoms with Crippen molar-refractivity contribution in [3.05, 3.63) is 64.7 Å². The van der Waals surface area contributed by atoms with Crippen LogP contribution in [-0.4, -0.2) is 37.4 Å². The minimum Gasteiger partial charge on any atom is -0.368 e. The van der Waals surface area contributed by atoms with E-state index in [1.807, 2.05) is 24.3 Å². The molecule has 1 heterocycles. The lowest BCUT2D eigenvalue weighted by atomic mass is 9.92. The molecule has 3 rings (SSSR count). The molecule has 0 saturated carbocycles. The van der Waals surface area contributed by atoms with Crippen LogP contribution < -0.4 is 5.73 Å². The first-order valence-electron chi connectivity index (χ1n) is 8.16. The fraction of sp³-hybridized carbons (Fsp3) is 0.263. The molecule has 0 bridgehead atoms. The maximum absolute atomic E-state index is 13.1. The topological polar surface area (TPSA) is 97.5 Å². The van der Waals surface area contributed by atoms with Gasteiger partial charge in [-0.1, -0.05) is 30.3 Å². The van der Waals surface area contributed by atoms with Gasteiger partial charge in [-0.05, 0) is 35.7 Å². The molecule has 0 spiro atoms. The van der Waals surface area contributed by atoms with Gasteiger partial charge in [-0.25, -0.2) is 8.42 Å². The van der Waals surface area contributed by atoms with Crippen molar-refractivity contribution in [2.24, 2.45) is 5.73 Å². The van der Waals surface area contributed by atoms with Gasteiger partial charge in [0, 0.05) is 24.8 Å². The molecule has 0 saturated heterocycles. The lowest BCUT2D eigenvalue weighted by molar-refractivity contribution is -0.122. The highest BCUT2D eigenvalue weighted by Gasteiger charge is 2.34. The van der Waals surface area contributed by atoms with Gasteiger partial charge in [-0.15, -0.1) is 0 Å². The maximum Gasteiger partial charge on any atom is 0.255 e. The Balaban J connectivity index is 2.05. The predicted molar refractivity (Wildman–Crippen MR) is 97.3 cm³/mol. The summed E-state index contributed by atoms with van der Waals surface area (Å²) in [6.45, 7) is 1.99. The molecule has 6 nitrogen and oxygen atoms in total. The molecule has 1 aliphatic heterocycles. The van der Waals surface area contributed by atoms with Crippen molar-refractivity contribution in [1.29, 1.82) is 0 Å². The van der Waals surface area contributed by atoms with Crippen molar-refractivity contribution in [2.45, 2.75) is 30.8 Å². The highest BCUT2D eigenvalue weighted by atomic mass is 32.2. The molecule has 2 amide bonds. The van der Waals surface area contributed by atoms with Crippen LogP contribution in [0.5, 0.6) is 0 Å². The number of aryl methyl sites for hydroxylation is 1. The molecule has 1 aliphatic rings. The number of primary amides is 1. The molecule has 26 heavy (non-hydrogen) atoms. The summed E-state index contributed by atoms with van der Waals surface area (Å²) < 4.78 is 23.7. The van der Waals surface area contributed by atoms with E-state index in [0.717, 1.165) is 17.4 Å². The van der Waals surface area contributed by atoms with Crippen LogP contribution in [0.15, 0.2) is 47.4 Å². The van der Waals surface area contributed by atoms with Gasteiger partial charge >= 0.3 is 0 Å². The van der Waals surface area contributed by atoms with Crippen LogP contribution in [0, 0.1) is 6.92 Å². The Kier molecular flexibility index (Phi) is 4.58. The summed E-state index contributed by atoms with van der Waals surface area (Å²) in [6, 6.07) is 11.3. The number of amides is 2. The van der Waals surface area contributed by atoms with Gasteiger partial charge in [0.2, 0.25) is 5.91 Å². The zero-order valence-electron chi connectivity index (χ0n) is 14.6. The average molecular weight is 372 g/mol. The van der Waals surface area contributed by atoms with Gasteiger partial charge in [0.25, 0.3) is 5.91 Å². The summed E-state index contributed by atoms with van der Waals surface area (Å²) >= 11 is 0. The highest BCUT2D eigenvalue weighted by molar-refractivity contribution is 7.90. The first-order chi connectivity index (χ1) is 12.2. The van der Waals surface area contributed by atoms with E-state index in [9.17, 15) is 18.0 Å². The second-order valence-corrected chi connectivity index (χ2v) is 8.59. The Hall–Kier alpha value is -2.67. The molecule has 0 unspecified atom stereocenters. The smallest absolute Gasteiger partial charge is 0.255 e. The van der Waals surface area contributed by atoms with Gasteiger partial charge < -0.3 is 10.6 Å². The van der Waals surface area contributed by atoms with E-state index < -0.39 is 27.7 Å². The van der Waals surface area contributed by atoms with E-state index in [1.54, 1.807) is 13.0 Å². The van der Waals surface area contributed by atoms with Crippen LogP contribution in [0.1, 0.15) is 27.0 Å². The zero-order chi connectivity index (χ0) is 19.1. The Bertz CT molecular complexity index is 998. The van der Waals surface area contributed by atoms with Crippen molar-refractivity contribution in [2.75, 3.05) is 6.26 Å². The third-order valence-electron chi connectivity index (χ3n) is 4.71. The number of carbonyl (C=O) groups is 2. The Morgan fingerprint density at radius 2 is 1.77 bits per heavy atom. The molecule has 2 aromatic carbocycles. The number of nitrogens with two attached hydrogens (primary N) is 1. The number of nitrogens with zero attached hydrogens (tertiary/aromatic N) is 1. The van der Waals surface area contributed by atoms with Crippen molar-refractivity contribution >= 4 is 21.7 Å². The summed E-state index contributed by atoms with van der Waals surface area (Å²) in [6.07, 6.45) is 1.44. The van der Waals surface area contributed by atoms with Gasteiger partial charge in [0.15, 0.2) is 9.84 Å². The normalized spacial score (nSPS) is 16.8. The third-order valence-corrected chi connectivity index (χ3v) is 5.82. The van der Waals surface area contributed by atoms with E-state index in [2.05, 4.69) is 0 Å². The summed E-state index contributed by atoms with van der Waals surface area (Å²) in [5, 5.41) is 0. The van der Waals surface area contributed by atoms with Crippen molar-refractivity contribution in [1.82, 2.24) is 4.90 Å². The minimum absolute atomic E-state index is 0.0690. The maximum atomic E-state index is 13.1. The molecule has 0 aliphatic carbocycles. The molecular weight excluding hydrogens is 352 g/mol. The van der Waals surface area contributed by atoms with Crippen molar-refractivity contribution in [3.8, 4) is 0 Å². The lowest BCUT2D eigenvalue weighted by Crippen LogP contribution is -2.51. The standard InChI is InChI=1S/C19H20N2O4S/c1-12-7-8-15(26(2,24)25)10-16(12)19(23)21-11-14-6-4-3-5-13(14)9-17(21)18(20)22/h3-8,10,17H,9,11H2,1-2H3,(H2,20,22)/t17-/m0/s1. The second kappa shape index (κ2) is 6.57. The predicted octanol–water partition coefficient (Wildman–Crippen LogP) is 1.45. The van der Waals surface area contributed by atoms with E-state index >= 15 is 0 Å². The van der Waals surface area contributed by atoms with Crippen LogP contribution in [0.25, 0.3) is 0 Å². The molecule has 2 aromatic rings. The third kappa shape index (κ3) is 3.35. The van der Waals surface area contributed by atoms with Gasteiger partial charge in [-0.2, -0.15) is 0 Å². The van der Waals surface area contributed by atoms with Crippen molar-refractivity contribution in [3.63, 3.8) is 0 Å². The Morgan fingerprint density at radius 3 is 2.38 bits per heavy atom. The molecular formula is C19H20N2O4S. The summed E-state index contributed by atoms with van der Waals surface area (Å²) in [4.78, 5) is 26.6. The van der Waals surface area contributed by atoms with Gasteiger partial charge in [0.05, 0.1) is 4.90 Å². The molecule has 2 N–H and O–H groups in total. The number of hydrogen-bond donors (Lipinski definition) is 1. The first kappa shape index (κ1) is 18.1. The number of carbonyl (C=O) groups excluding carboxylic acids is 2. The number of rotatable bonds is 3. The first-order valence-corrected chi connectivity index (χ1v) is 10.1. The zero-order valence-corrected chi connectivity index (χ0v) is 15.4. The van der Waals surface area contributed by atoms with Gasteiger partial charge in [-0.3, -0.25) is 9.59 Å². The monoisotopic (exact) mass is 372 g/mol. The van der Waals surface area contributed by atoms with Crippen LogP contribution in [-0.2, 0) is 27.6 Å². The second-order valence-electron chi connectivity index (χ2n) is 6.57. The quantitative estimate of drug-likeness (QED) is 0.882. The van der Waals surface area contributed by atoms with E-state index in [-0.39, 0.29) is 17.0 Å². The fourth-order valence-corrected chi connectivity index (χ4v) is 3.85. The molecule has 7 heteroatoms. The molecule has 1 atom stereocenters. The van der Waals surface area contributed by atoms with Gasteiger partial charge in [0.1, 0.15) is 6.04 Å². The van der Waals surface area contributed by atoms with Crippen LogP contribution in [0.4, 0.5) is 0 Å². The lowest BCUT2D eigenvalue weighted by Gasteiger charge is -2.35. The molecule has 0 aromatic heterocycles. The Morgan fingerprint density at radius 1 is 1.12 bits per heavy atom. The Labute approximate surface area is 152 Å². The summed E-state index contributed by atoms with van der Waals surface area (Å²) in [5.74, 6) is -0.976. The van der Waals surface area contributed by atoms with E-state index in [1.165, 1.54) is 17.0 Å². The molecule has 0 radical (unpaired) electrons. The summed E-state index contributed by atoms with van der Waals surface area (Å²) in [5.41, 5.74) is 8.39. The van der Waals surface area contributed by atoms with Crippen LogP contribution in [0.3, 0.4) is 0 Å².